The summed E-state index contributed by atoms with van der Waals surface area (Å²) in [7, 11) is 0. The van der Waals surface area contributed by atoms with Crippen molar-refractivity contribution in [3.63, 3.8) is 0 Å². The average Bonchev–Trinajstić information content (AvgIpc) is 2.02. The van der Waals surface area contributed by atoms with Gasteiger partial charge in [-0.2, -0.15) is 0 Å². The molecule has 0 aliphatic rings. The van der Waals surface area contributed by atoms with Gasteiger partial charge in [-0.3, -0.25) is 4.79 Å². The van der Waals surface area contributed by atoms with E-state index in [2.05, 4.69) is 12.8 Å². The lowest BCUT2D eigenvalue weighted by atomic mass is 10.1. The molecule has 0 aromatic heterocycles. The number of hydrogen-bond acceptors (Lipinski definition) is 2. The fourth-order valence-electron chi connectivity index (χ4n) is 0.956. The van der Waals surface area contributed by atoms with Crippen LogP contribution in [0.15, 0.2) is 0 Å². The smallest absolute Gasteiger partial charge is 0.303 e. The predicted molar refractivity (Wildman–Crippen MR) is 48.5 cm³/mol. The molecule has 0 spiro atoms. The maximum atomic E-state index is 10.5. The molecule has 0 fully saturated rings. The van der Waals surface area contributed by atoms with Crippen molar-refractivity contribution in [2.75, 3.05) is 0 Å². The first kappa shape index (κ1) is 11.0. The van der Waals surface area contributed by atoms with Crippen LogP contribution in [0.4, 0.5) is 0 Å². The molecule has 0 unspecified atom stereocenters. The Morgan fingerprint density at radius 2 is 2.25 bits per heavy atom. The number of carbonyl (C=O) groups is 1. The highest BCUT2D eigenvalue weighted by atomic mass is 16.5. The molecular weight excluding hydrogens is 152 g/mol. The average molecular weight is 168 g/mol. The lowest BCUT2D eigenvalue weighted by molar-refractivity contribution is -0.144. The van der Waals surface area contributed by atoms with E-state index in [1.165, 1.54) is 6.92 Å². The summed E-state index contributed by atoms with van der Waals surface area (Å²) >= 11 is 0. The minimum Gasteiger partial charge on any atom is -0.449 e. The zero-order valence-electron chi connectivity index (χ0n) is 7.80. The fourth-order valence-corrected chi connectivity index (χ4v) is 0.956. The van der Waals surface area contributed by atoms with Crippen molar-refractivity contribution in [1.82, 2.24) is 0 Å². The Balaban J connectivity index is 3.55. The molecule has 0 heterocycles. The number of esters is 1. The van der Waals surface area contributed by atoms with E-state index in [0.717, 1.165) is 25.7 Å². The first-order chi connectivity index (χ1) is 5.70. The molecule has 2 heteroatoms. The van der Waals surface area contributed by atoms with Gasteiger partial charge >= 0.3 is 5.97 Å². The van der Waals surface area contributed by atoms with Crippen molar-refractivity contribution in [3.05, 3.63) is 0 Å². The van der Waals surface area contributed by atoms with Crippen molar-refractivity contribution in [2.45, 2.75) is 45.6 Å². The largest absolute Gasteiger partial charge is 0.449 e. The van der Waals surface area contributed by atoms with Crippen LogP contribution in [0.2, 0.25) is 0 Å². The summed E-state index contributed by atoms with van der Waals surface area (Å²) in [5.41, 5.74) is 0. The van der Waals surface area contributed by atoms with E-state index in [9.17, 15) is 4.79 Å². The number of ether oxygens (including phenoxy) is 1. The summed E-state index contributed by atoms with van der Waals surface area (Å²) in [5.74, 6) is 2.15. The van der Waals surface area contributed by atoms with E-state index in [1.54, 1.807) is 0 Å². The van der Waals surface area contributed by atoms with Crippen molar-refractivity contribution in [1.29, 1.82) is 0 Å². The number of unbranched alkanes of at least 4 members (excludes halogenated alkanes) is 2. The maximum Gasteiger partial charge on any atom is 0.303 e. The first-order valence-corrected chi connectivity index (χ1v) is 4.34. The number of hydrogen-bond donors (Lipinski definition) is 0. The zero-order chi connectivity index (χ0) is 9.40. The molecule has 2 nitrogen and oxygen atoms in total. The third-order valence-corrected chi connectivity index (χ3v) is 1.56. The molecule has 68 valence electrons. The SMILES string of the molecule is C#C[C@@H](CCCCC)OC(C)=O. The molecule has 0 aliphatic carbocycles. The molecule has 0 radical (unpaired) electrons. The molecular formula is C10H16O2. The van der Waals surface area contributed by atoms with E-state index in [0.29, 0.717) is 0 Å². The summed E-state index contributed by atoms with van der Waals surface area (Å²) in [4.78, 5) is 10.5. The molecule has 0 saturated heterocycles. The second-order valence-corrected chi connectivity index (χ2v) is 2.76. The van der Waals surface area contributed by atoms with Gasteiger partial charge in [-0.25, -0.2) is 0 Å². The third-order valence-electron chi connectivity index (χ3n) is 1.56. The van der Waals surface area contributed by atoms with Crippen LogP contribution in [0.25, 0.3) is 0 Å². The Morgan fingerprint density at radius 1 is 1.58 bits per heavy atom. The molecule has 0 N–H and O–H groups in total. The van der Waals surface area contributed by atoms with Gasteiger partial charge in [-0.05, 0) is 12.8 Å². The van der Waals surface area contributed by atoms with Gasteiger partial charge in [0, 0.05) is 6.92 Å². The van der Waals surface area contributed by atoms with E-state index in [1.807, 2.05) is 0 Å². The van der Waals surface area contributed by atoms with Gasteiger partial charge in [0.1, 0.15) is 0 Å². The van der Waals surface area contributed by atoms with Crippen molar-refractivity contribution in [3.8, 4) is 12.3 Å². The highest BCUT2D eigenvalue weighted by Gasteiger charge is 2.06. The van der Waals surface area contributed by atoms with Crippen LogP contribution in [0, 0.1) is 12.3 Å². The van der Waals surface area contributed by atoms with E-state index < -0.39 is 0 Å². The second kappa shape index (κ2) is 6.72. The minimum atomic E-state index is -0.325. The molecule has 0 amide bonds. The first-order valence-electron chi connectivity index (χ1n) is 4.34. The zero-order valence-corrected chi connectivity index (χ0v) is 7.80. The van der Waals surface area contributed by atoms with Crippen LogP contribution in [0.1, 0.15) is 39.5 Å². The Kier molecular flexibility index (Phi) is 6.18. The van der Waals surface area contributed by atoms with Crippen LogP contribution < -0.4 is 0 Å². The summed E-state index contributed by atoms with van der Waals surface area (Å²) in [5, 5.41) is 0. The van der Waals surface area contributed by atoms with Gasteiger partial charge in [-0.1, -0.05) is 25.7 Å². The molecule has 0 aromatic rings. The van der Waals surface area contributed by atoms with Gasteiger partial charge in [0.25, 0.3) is 0 Å². The quantitative estimate of drug-likeness (QED) is 0.357. The van der Waals surface area contributed by atoms with Crippen LogP contribution in [-0.4, -0.2) is 12.1 Å². The Labute approximate surface area is 74.3 Å². The van der Waals surface area contributed by atoms with E-state index in [4.69, 9.17) is 11.2 Å². The monoisotopic (exact) mass is 168 g/mol. The topological polar surface area (TPSA) is 26.3 Å². The normalized spacial score (nSPS) is 11.8. The Morgan fingerprint density at radius 3 is 2.67 bits per heavy atom. The minimum absolute atomic E-state index is 0.297. The van der Waals surface area contributed by atoms with Crippen molar-refractivity contribution < 1.29 is 9.53 Å². The van der Waals surface area contributed by atoms with Gasteiger partial charge in [0.15, 0.2) is 6.10 Å². The van der Waals surface area contributed by atoms with Crippen LogP contribution in [0.5, 0.6) is 0 Å². The Bertz CT molecular complexity index is 167. The lowest BCUT2D eigenvalue weighted by Gasteiger charge is -2.09. The molecule has 0 rings (SSSR count). The number of terminal acetylenes is 1. The fraction of sp³-hybridized carbons (Fsp3) is 0.700. The van der Waals surface area contributed by atoms with Crippen molar-refractivity contribution >= 4 is 5.97 Å². The molecule has 0 bridgehead atoms. The van der Waals surface area contributed by atoms with E-state index >= 15 is 0 Å². The maximum absolute atomic E-state index is 10.5. The summed E-state index contributed by atoms with van der Waals surface area (Å²) in [6.45, 7) is 3.50. The van der Waals surface area contributed by atoms with Gasteiger partial charge in [0.05, 0.1) is 0 Å². The number of rotatable bonds is 5. The molecule has 0 saturated carbocycles. The summed E-state index contributed by atoms with van der Waals surface area (Å²) in [6.07, 6.45) is 8.95. The summed E-state index contributed by atoms with van der Waals surface area (Å²) in [6, 6.07) is 0. The van der Waals surface area contributed by atoms with Crippen LogP contribution >= 0.6 is 0 Å². The predicted octanol–water partition coefficient (Wildman–Crippen LogP) is 2.13. The van der Waals surface area contributed by atoms with Gasteiger partial charge in [0.2, 0.25) is 0 Å². The van der Waals surface area contributed by atoms with Crippen molar-refractivity contribution in [2.24, 2.45) is 0 Å². The third kappa shape index (κ3) is 5.79. The van der Waals surface area contributed by atoms with E-state index in [-0.39, 0.29) is 12.1 Å². The highest BCUT2D eigenvalue weighted by Crippen LogP contribution is 2.05. The van der Waals surface area contributed by atoms with Gasteiger partial charge in [-0.15, -0.1) is 6.42 Å². The molecule has 0 aliphatic heterocycles. The molecule has 1 atom stereocenters. The number of carbonyl (C=O) groups excluding carboxylic acids is 1. The molecule has 0 aromatic carbocycles. The standard InChI is InChI=1S/C10H16O2/c1-4-6-7-8-10(5-2)12-9(3)11/h2,10H,4,6-8H2,1,3H3/t10-/m0/s1. The lowest BCUT2D eigenvalue weighted by Crippen LogP contribution is -2.13. The van der Waals surface area contributed by atoms with Gasteiger partial charge < -0.3 is 4.74 Å². The highest BCUT2D eigenvalue weighted by molar-refractivity contribution is 5.66. The second-order valence-electron chi connectivity index (χ2n) is 2.76. The molecule has 12 heavy (non-hydrogen) atoms. The van der Waals surface area contributed by atoms with Crippen LogP contribution in [0.3, 0.4) is 0 Å². The summed E-state index contributed by atoms with van der Waals surface area (Å²) < 4.78 is 4.87. The Hall–Kier alpha value is -0.970. The van der Waals surface area contributed by atoms with Crippen LogP contribution in [-0.2, 0) is 9.53 Å².